The van der Waals surface area contributed by atoms with Gasteiger partial charge in [0.15, 0.2) is 0 Å². The summed E-state index contributed by atoms with van der Waals surface area (Å²) in [5.74, 6) is -0.225. The Balaban J connectivity index is 2.06. The van der Waals surface area contributed by atoms with Gasteiger partial charge in [0.05, 0.1) is 24.6 Å². The molecule has 0 fully saturated rings. The molecule has 6 heteroatoms. The Kier molecular flexibility index (Phi) is 4.61. The molecule has 0 atom stereocenters. The maximum atomic E-state index is 11.9. The van der Waals surface area contributed by atoms with Crippen molar-refractivity contribution in [2.75, 3.05) is 12.4 Å². The molecular weight excluding hydrogens is 274 g/mol. The van der Waals surface area contributed by atoms with Crippen LogP contribution in [0.2, 0.25) is 0 Å². The summed E-state index contributed by atoms with van der Waals surface area (Å²) < 4.78 is 10.2. The number of carboxylic acid groups (broad SMARTS) is 1. The van der Waals surface area contributed by atoms with Gasteiger partial charge in [-0.15, -0.1) is 0 Å². The van der Waals surface area contributed by atoms with Crippen LogP contribution >= 0.6 is 0 Å². The highest BCUT2D eigenvalue weighted by Gasteiger charge is 2.14. The van der Waals surface area contributed by atoms with E-state index in [1.807, 2.05) is 0 Å². The van der Waals surface area contributed by atoms with Crippen LogP contribution in [-0.4, -0.2) is 24.1 Å². The highest BCUT2D eigenvalue weighted by atomic mass is 16.5. The quantitative estimate of drug-likeness (QED) is 0.853. The SMILES string of the molecule is COc1ccc(C(=O)O)c(NC(=O)CCc2ccco2)c1. The molecule has 0 unspecified atom stereocenters. The zero-order chi connectivity index (χ0) is 15.2. The van der Waals surface area contributed by atoms with Crippen LogP contribution in [0.1, 0.15) is 22.5 Å². The average Bonchev–Trinajstić information content (AvgIpc) is 2.98. The molecule has 0 spiro atoms. The monoisotopic (exact) mass is 289 g/mol. The topological polar surface area (TPSA) is 88.8 Å². The molecule has 21 heavy (non-hydrogen) atoms. The summed E-state index contributed by atoms with van der Waals surface area (Å²) in [6, 6.07) is 7.93. The Morgan fingerprint density at radius 1 is 1.33 bits per heavy atom. The number of methoxy groups -OCH3 is 1. The molecule has 0 aliphatic rings. The van der Waals surface area contributed by atoms with Crippen molar-refractivity contribution >= 4 is 17.6 Å². The highest BCUT2D eigenvalue weighted by Crippen LogP contribution is 2.23. The summed E-state index contributed by atoms with van der Waals surface area (Å²) in [4.78, 5) is 23.0. The second-order valence-electron chi connectivity index (χ2n) is 4.34. The third-order valence-electron chi connectivity index (χ3n) is 2.91. The number of amides is 1. The average molecular weight is 289 g/mol. The summed E-state index contributed by atoms with van der Waals surface area (Å²) in [5.41, 5.74) is 0.230. The number of benzene rings is 1. The van der Waals surface area contributed by atoms with Crippen LogP contribution < -0.4 is 10.1 Å². The van der Waals surface area contributed by atoms with Crippen LogP contribution in [0.3, 0.4) is 0 Å². The minimum absolute atomic E-state index is 0.0159. The largest absolute Gasteiger partial charge is 0.497 e. The second-order valence-corrected chi connectivity index (χ2v) is 4.34. The van der Waals surface area contributed by atoms with Gasteiger partial charge in [-0.25, -0.2) is 4.79 Å². The second kappa shape index (κ2) is 6.60. The van der Waals surface area contributed by atoms with Crippen LogP contribution in [0.4, 0.5) is 5.69 Å². The summed E-state index contributed by atoms with van der Waals surface area (Å²) in [5, 5.41) is 11.7. The Morgan fingerprint density at radius 2 is 2.14 bits per heavy atom. The molecule has 1 aromatic carbocycles. The van der Waals surface area contributed by atoms with Crippen molar-refractivity contribution in [1.29, 1.82) is 0 Å². The van der Waals surface area contributed by atoms with E-state index in [1.165, 1.54) is 31.6 Å². The summed E-state index contributed by atoms with van der Waals surface area (Å²) >= 11 is 0. The van der Waals surface area contributed by atoms with E-state index in [1.54, 1.807) is 12.1 Å². The summed E-state index contributed by atoms with van der Waals surface area (Å²) in [6.45, 7) is 0. The molecule has 0 radical (unpaired) electrons. The van der Waals surface area contributed by atoms with Crippen molar-refractivity contribution in [2.24, 2.45) is 0 Å². The lowest BCUT2D eigenvalue weighted by Gasteiger charge is -2.10. The number of rotatable bonds is 6. The first kappa shape index (κ1) is 14.6. The van der Waals surface area contributed by atoms with E-state index in [-0.39, 0.29) is 23.6 Å². The predicted octanol–water partition coefficient (Wildman–Crippen LogP) is 2.56. The van der Waals surface area contributed by atoms with E-state index in [4.69, 9.17) is 14.3 Å². The number of anilines is 1. The molecule has 1 amide bonds. The van der Waals surface area contributed by atoms with Crippen LogP contribution in [0.5, 0.6) is 5.75 Å². The van der Waals surface area contributed by atoms with Crippen molar-refractivity contribution in [3.63, 3.8) is 0 Å². The molecule has 2 N–H and O–H groups in total. The molecule has 2 aromatic rings. The molecule has 0 aliphatic carbocycles. The zero-order valence-electron chi connectivity index (χ0n) is 11.5. The third kappa shape index (κ3) is 3.85. The minimum Gasteiger partial charge on any atom is -0.497 e. The van der Waals surface area contributed by atoms with Gasteiger partial charge < -0.3 is 19.6 Å². The molecule has 110 valence electrons. The van der Waals surface area contributed by atoms with E-state index in [9.17, 15) is 9.59 Å². The van der Waals surface area contributed by atoms with E-state index < -0.39 is 5.97 Å². The van der Waals surface area contributed by atoms with Crippen molar-refractivity contribution in [1.82, 2.24) is 0 Å². The van der Waals surface area contributed by atoms with Crippen molar-refractivity contribution in [2.45, 2.75) is 12.8 Å². The van der Waals surface area contributed by atoms with E-state index in [0.29, 0.717) is 17.9 Å². The fourth-order valence-electron chi connectivity index (χ4n) is 1.84. The minimum atomic E-state index is -1.11. The lowest BCUT2D eigenvalue weighted by atomic mass is 10.1. The normalized spacial score (nSPS) is 10.1. The molecule has 0 saturated carbocycles. The first-order valence-corrected chi connectivity index (χ1v) is 6.33. The fraction of sp³-hybridized carbons (Fsp3) is 0.200. The number of aryl methyl sites for hydroxylation is 1. The number of aromatic carboxylic acids is 1. The Hall–Kier alpha value is -2.76. The van der Waals surface area contributed by atoms with E-state index >= 15 is 0 Å². The molecule has 0 saturated heterocycles. The van der Waals surface area contributed by atoms with Crippen LogP contribution in [0.25, 0.3) is 0 Å². The summed E-state index contributed by atoms with van der Waals surface area (Å²) in [7, 11) is 1.47. The molecule has 1 heterocycles. The van der Waals surface area contributed by atoms with Gasteiger partial charge in [0.1, 0.15) is 11.5 Å². The number of hydrogen-bond donors (Lipinski definition) is 2. The van der Waals surface area contributed by atoms with Gasteiger partial charge in [0.2, 0.25) is 5.91 Å². The van der Waals surface area contributed by atoms with Gasteiger partial charge in [0.25, 0.3) is 0 Å². The van der Waals surface area contributed by atoms with Crippen LogP contribution in [-0.2, 0) is 11.2 Å². The molecule has 0 aliphatic heterocycles. The van der Waals surface area contributed by atoms with Gasteiger partial charge >= 0.3 is 5.97 Å². The van der Waals surface area contributed by atoms with E-state index in [2.05, 4.69) is 5.32 Å². The maximum absolute atomic E-state index is 11.9. The zero-order valence-corrected chi connectivity index (χ0v) is 11.5. The lowest BCUT2D eigenvalue weighted by Crippen LogP contribution is -2.15. The van der Waals surface area contributed by atoms with Crippen molar-refractivity contribution < 1.29 is 23.8 Å². The van der Waals surface area contributed by atoms with Gasteiger partial charge in [0, 0.05) is 18.9 Å². The Bertz CT molecular complexity index is 634. The van der Waals surface area contributed by atoms with Crippen molar-refractivity contribution in [3.05, 3.63) is 47.9 Å². The summed E-state index contributed by atoms with van der Waals surface area (Å²) in [6.07, 6.45) is 2.19. The number of furan rings is 1. The number of ether oxygens (including phenoxy) is 1. The Labute approximate surface area is 121 Å². The maximum Gasteiger partial charge on any atom is 0.337 e. The molecular formula is C15H15NO5. The van der Waals surface area contributed by atoms with Crippen molar-refractivity contribution in [3.8, 4) is 5.75 Å². The third-order valence-corrected chi connectivity index (χ3v) is 2.91. The molecule has 1 aromatic heterocycles. The number of carbonyl (C=O) groups is 2. The van der Waals surface area contributed by atoms with Gasteiger partial charge in [-0.1, -0.05) is 0 Å². The Morgan fingerprint density at radius 3 is 2.76 bits per heavy atom. The smallest absolute Gasteiger partial charge is 0.337 e. The van der Waals surface area contributed by atoms with Gasteiger partial charge in [-0.3, -0.25) is 4.79 Å². The standard InChI is InChI=1S/C15H15NO5/c1-20-11-4-6-12(15(18)19)13(9-11)16-14(17)7-5-10-3-2-8-21-10/h2-4,6,8-9H,5,7H2,1H3,(H,16,17)(H,18,19). The predicted molar refractivity (Wildman–Crippen MR) is 75.6 cm³/mol. The first-order chi connectivity index (χ1) is 10.1. The van der Waals surface area contributed by atoms with E-state index in [0.717, 1.165) is 0 Å². The number of nitrogens with one attached hydrogen (secondary N) is 1. The number of hydrogen-bond acceptors (Lipinski definition) is 4. The van der Waals surface area contributed by atoms with Gasteiger partial charge in [-0.05, 0) is 24.3 Å². The highest BCUT2D eigenvalue weighted by molar-refractivity contribution is 6.00. The lowest BCUT2D eigenvalue weighted by molar-refractivity contribution is -0.116. The van der Waals surface area contributed by atoms with Crippen LogP contribution in [0, 0.1) is 0 Å². The fourth-order valence-corrected chi connectivity index (χ4v) is 1.84. The van der Waals surface area contributed by atoms with Gasteiger partial charge in [-0.2, -0.15) is 0 Å². The molecule has 6 nitrogen and oxygen atoms in total. The molecule has 0 bridgehead atoms. The number of carboxylic acids is 1. The molecule has 2 rings (SSSR count). The van der Waals surface area contributed by atoms with Crippen LogP contribution in [0.15, 0.2) is 41.0 Å². The number of carbonyl (C=O) groups excluding carboxylic acids is 1. The first-order valence-electron chi connectivity index (χ1n) is 6.33.